The van der Waals surface area contributed by atoms with Gasteiger partial charge in [-0.1, -0.05) is 0 Å². The molecule has 2 heterocycles. The molecule has 8 nitrogen and oxygen atoms in total. The minimum absolute atomic E-state index is 0.0534. The summed E-state index contributed by atoms with van der Waals surface area (Å²) < 4.78 is 17.9. The molecule has 3 aromatic rings. The Hall–Kier alpha value is -3.29. The summed E-state index contributed by atoms with van der Waals surface area (Å²) in [6.45, 7) is 6.25. The van der Waals surface area contributed by atoms with Gasteiger partial charge < -0.3 is 19.5 Å². The fourth-order valence-corrected chi connectivity index (χ4v) is 3.55. The number of benzene rings is 1. The van der Waals surface area contributed by atoms with E-state index in [2.05, 4.69) is 15.4 Å². The van der Waals surface area contributed by atoms with Gasteiger partial charge in [0, 0.05) is 42.0 Å². The summed E-state index contributed by atoms with van der Waals surface area (Å²) in [6.07, 6.45) is 0.944. The Morgan fingerprint density at radius 2 is 1.67 bits per heavy atom. The Labute approximate surface area is 176 Å². The average molecular weight is 412 g/mol. The number of carbonyl (C=O) groups excluding carboxylic acids is 1. The molecule has 30 heavy (non-hydrogen) atoms. The van der Waals surface area contributed by atoms with Crippen LogP contribution in [0.2, 0.25) is 0 Å². The number of hydrogen-bond donors (Lipinski definition) is 1. The van der Waals surface area contributed by atoms with Crippen LogP contribution in [-0.4, -0.2) is 41.8 Å². The second-order valence-corrected chi connectivity index (χ2v) is 7.11. The molecule has 1 amide bonds. The van der Waals surface area contributed by atoms with Crippen molar-refractivity contribution in [2.24, 2.45) is 0 Å². The number of carbonyl (C=O) groups is 1. The van der Waals surface area contributed by atoms with E-state index in [1.165, 1.54) is 0 Å². The summed E-state index contributed by atoms with van der Waals surface area (Å²) >= 11 is 0. The first-order valence-corrected chi connectivity index (χ1v) is 9.76. The molecule has 2 aromatic heterocycles. The van der Waals surface area contributed by atoms with Crippen molar-refractivity contribution in [1.82, 2.24) is 19.9 Å². The third-order valence-corrected chi connectivity index (χ3v) is 5.15. The quantitative estimate of drug-likeness (QED) is 0.612. The topological polar surface area (TPSA) is 87.0 Å². The predicted octanol–water partition coefficient (Wildman–Crippen LogP) is 2.93. The molecular weight excluding hydrogens is 384 g/mol. The maximum Gasteiger partial charge on any atom is 0.220 e. The molecule has 160 valence electrons. The maximum absolute atomic E-state index is 12.5. The Morgan fingerprint density at radius 1 is 1.00 bits per heavy atom. The summed E-state index contributed by atoms with van der Waals surface area (Å²) in [7, 11) is 4.72. The van der Waals surface area contributed by atoms with Gasteiger partial charge in [-0.05, 0) is 38.8 Å². The van der Waals surface area contributed by atoms with E-state index in [0.29, 0.717) is 36.6 Å². The molecule has 0 radical (unpaired) electrons. The van der Waals surface area contributed by atoms with E-state index >= 15 is 0 Å². The van der Waals surface area contributed by atoms with Crippen LogP contribution in [0.3, 0.4) is 0 Å². The molecule has 0 saturated heterocycles. The number of hydrogen-bond acceptors (Lipinski definition) is 6. The highest BCUT2D eigenvalue weighted by atomic mass is 16.5. The van der Waals surface area contributed by atoms with Gasteiger partial charge in [-0.25, -0.2) is 9.50 Å². The van der Waals surface area contributed by atoms with E-state index in [1.54, 1.807) is 27.4 Å². The fraction of sp³-hybridized carbons (Fsp3) is 0.409. The zero-order chi connectivity index (χ0) is 21.8. The molecule has 8 heteroatoms. The van der Waals surface area contributed by atoms with Crippen molar-refractivity contribution in [3.05, 3.63) is 46.4 Å². The smallest absolute Gasteiger partial charge is 0.220 e. The summed E-state index contributed by atoms with van der Waals surface area (Å²) in [4.78, 5) is 17.1. The first-order valence-electron chi connectivity index (χ1n) is 9.76. The van der Waals surface area contributed by atoms with E-state index in [-0.39, 0.29) is 5.91 Å². The lowest BCUT2D eigenvalue weighted by atomic mass is 10.1. The van der Waals surface area contributed by atoms with Gasteiger partial charge in [0.05, 0.1) is 27.0 Å². The second-order valence-electron chi connectivity index (χ2n) is 7.11. The third kappa shape index (κ3) is 4.32. The minimum atomic E-state index is -0.0534. The van der Waals surface area contributed by atoms with Gasteiger partial charge in [0.15, 0.2) is 17.1 Å². The van der Waals surface area contributed by atoms with Gasteiger partial charge in [0.2, 0.25) is 5.91 Å². The largest absolute Gasteiger partial charge is 0.496 e. The lowest BCUT2D eigenvalue weighted by Gasteiger charge is -2.15. The molecule has 0 aliphatic heterocycles. The number of rotatable bonds is 8. The van der Waals surface area contributed by atoms with Crippen molar-refractivity contribution >= 4 is 11.6 Å². The highest BCUT2D eigenvalue weighted by Gasteiger charge is 2.15. The molecule has 0 bridgehead atoms. The van der Waals surface area contributed by atoms with E-state index in [1.807, 2.05) is 37.4 Å². The molecule has 0 aliphatic rings. The summed E-state index contributed by atoms with van der Waals surface area (Å²) in [5.74, 6) is 1.74. The molecule has 1 N–H and O–H groups in total. The molecule has 0 spiro atoms. The molecule has 1 aromatic carbocycles. The third-order valence-electron chi connectivity index (χ3n) is 5.15. The van der Waals surface area contributed by atoms with Crippen molar-refractivity contribution < 1.29 is 19.0 Å². The van der Waals surface area contributed by atoms with Crippen LogP contribution in [0, 0.1) is 20.8 Å². The highest BCUT2D eigenvalue weighted by Crippen LogP contribution is 2.34. The lowest BCUT2D eigenvalue weighted by Crippen LogP contribution is -2.23. The minimum Gasteiger partial charge on any atom is -0.496 e. The average Bonchev–Trinajstić information content (AvgIpc) is 3.11. The maximum atomic E-state index is 12.5. The van der Waals surface area contributed by atoms with Crippen LogP contribution in [0.1, 0.15) is 34.6 Å². The number of amides is 1. The van der Waals surface area contributed by atoms with Crippen LogP contribution in [0.5, 0.6) is 17.2 Å². The first kappa shape index (κ1) is 21.4. The van der Waals surface area contributed by atoms with Crippen LogP contribution < -0.4 is 19.5 Å². The normalized spacial score (nSPS) is 10.9. The zero-order valence-corrected chi connectivity index (χ0v) is 18.3. The summed E-state index contributed by atoms with van der Waals surface area (Å²) in [6, 6.07) is 5.51. The van der Waals surface area contributed by atoms with Crippen molar-refractivity contribution in [3.8, 4) is 17.2 Å². The summed E-state index contributed by atoms with van der Waals surface area (Å²) in [5, 5.41) is 7.44. The van der Waals surface area contributed by atoms with Crippen molar-refractivity contribution in [2.75, 3.05) is 21.3 Å². The Bertz CT molecular complexity index is 1070. The Balaban J connectivity index is 1.68. The molecule has 3 rings (SSSR count). The Kier molecular flexibility index (Phi) is 6.44. The van der Waals surface area contributed by atoms with Crippen LogP contribution in [0.4, 0.5) is 0 Å². The number of ether oxygens (including phenoxy) is 3. The number of fused-ring (bicyclic) bond motifs is 1. The number of aryl methyl sites for hydroxylation is 3. The highest BCUT2D eigenvalue weighted by molar-refractivity contribution is 5.76. The van der Waals surface area contributed by atoms with E-state index in [9.17, 15) is 4.79 Å². The molecule has 0 aliphatic carbocycles. The van der Waals surface area contributed by atoms with Gasteiger partial charge in [-0.2, -0.15) is 5.10 Å². The second kappa shape index (κ2) is 9.02. The van der Waals surface area contributed by atoms with Gasteiger partial charge in [0.1, 0.15) is 5.75 Å². The number of nitrogens with zero attached hydrogens (tertiary/aromatic N) is 3. The van der Waals surface area contributed by atoms with E-state index < -0.39 is 0 Å². The molecule has 0 fully saturated rings. The molecule has 0 saturated carbocycles. The van der Waals surface area contributed by atoms with Gasteiger partial charge >= 0.3 is 0 Å². The van der Waals surface area contributed by atoms with Crippen LogP contribution in [0.25, 0.3) is 5.65 Å². The number of methoxy groups -OCH3 is 3. The van der Waals surface area contributed by atoms with Crippen LogP contribution >= 0.6 is 0 Å². The van der Waals surface area contributed by atoms with Gasteiger partial charge in [-0.15, -0.1) is 0 Å². The zero-order valence-electron chi connectivity index (χ0n) is 18.3. The first-order chi connectivity index (χ1) is 14.4. The van der Waals surface area contributed by atoms with Gasteiger partial charge in [-0.3, -0.25) is 4.79 Å². The SMILES string of the molecule is COc1cc(OC)c(OC)cc1CNC(=O)CCc1c(C)nc2cc(C)nn2c1C. The number of nitrogens with one attached hydrogen (secondary N) is 1. The fourth-order valence-electron chi connectivity index (χ4n) is 3.55. The predicted molar refractivity (Wildman–Crippen MR) is 113 cm³/mol. The molecule has 0 atom stereocenters. The van der Waals surface area contributed by atoms with E-state index in [0.717, 1.165) is 33.9 Å². The van der Waals surface area contributed by atoms with Crippen molar-refractivity contribution in [1.29, 1.82) is 0 Å². The number of aromatic nitrogens is 3. The van der Waals surface area contributed by atoms with Crippen LogP contribution in [-0.2, 0) is 17.8 Å². The standard InChI is InChI=1S/C22H28N4O4/c1-13-9-21-24-14(2)17(15(3)26(21)25-13)7-8-22(27)23-12-16-10-19(29-5)20(30-6)11-18(16)28-4/h9-11H,7-8,12H2,1-6H3,(H,23,27). The van der Waals surface area contributed by atoms with Crippen LogP contribution in [0.15, 0.2) is 18.2 Å². The van der Waals surface area contributed by atoms with Crippen molar-refractivity contribution in [2.45, 2.75) is 40.2 Å². The lowest BCUT2D eigenvalue weighted by molar-refractivity contribution is -0.121. The van der Waals surface area contributed by atoms with E-state index in [4.69, 9.17) is 14.2 Å². The van der Waals surface area contributed by atoms with Gasteiger partial charge in [0.25, 0.3) is 0 Å². The Morgan fingerprint density at radius 3 is 2.33 bits per heavy atom. The monoisotopic (exact) mass is 412 g/mol. The molecular formula is C22H28N4O4. The molecule has 0 unspecified atom stereocenters. The van der Waals surface area contributed by atoms with Crippen molar-refractivity contribution in [3.63, 3.8) is 0 Å². The summed E-state index contributed by atoms with van der Waals surface area (Å²) in [5.41, 5.74) is 5.55.